The average Bonchev–Trinajstić information content (AvgIpc) is 3.05. The molecule has 0 N–H and O–H groups in total. The third-order valence-corrected chi connectivity index (χ3v) is 4.86. The van der Waals surface area contributed by atoms with E-state index in [1.807, 2.05) is 18.2 Å². The third kappa shape index (κ3) is 3.72. The number of aromatic nitrogens is 2. The summed E-state index contributed by atoms with van der Waals surface area (Å²) in [6, 6.07) is 25.0. The molecule has 0 radical (unpaired) electrons. The van der Waals surface area contributed by atoms with Crippen molar-refractivity contribution in [1.29, 1.82) is 0 Å². The summed E-state index contributed by atoms with van der Waals surface area (Å²) in [7, 11) is 0. The molecule has 0 amide bonds. The average molecular weight is 356 g/mol. The smallest absolute Gasteiger partial charge is 0.141 e. The highest BCUT2D eigenvalue weighted by molar-refractivity contribution is 5.81. The number of hydrogen-bond acceptors (Lipinski definition) is 2. The van der Waals surface area contributed by atoms with Crippen molar-refractivity contribution in [2.75, 3.05) is 6.61 Å². The van der Waals surface area contributed by atoms with Crippen LogP contribution in [0, 0.1) is 13.8 Å². The van der Waals surface area contributed by atoms with Crippen LogP contribution in [0.3, 0.4) is 0 Å². The second-order valence-corrected chi connectivity index (χ2v) is 6.91. The number of para-hydroxylation sites is 2. The van der Waals surface area contributed by atoms with Crippen LogP contribution in [-0.4, -0.2) is 16.2 Å². The van der Waals surface area contributed by atoms with Gasteiger partial charge < -0.3 is 9.30 Å². The fourth-order valence-corrected chi connectivity index (χ4v) is 3.38. The summed E-state index contributed by atoms with van der Waals surface area (Å²) >= 11 is 0. The van der Waals surface area contributed by atoms with E-state index in [1.165, 1.54) is 22.2 Å². The molecule has 1 aromatic heterocycles. The van der Waals surface area contributed by atoms with E-state index in [1.54, 1.807) is 0 Å². The lowest BCUT2D eigenvalue weighted by Gasteiger charge is -2.12. The van der Waals surface area contributed by atoms with Crippen molar-refractivity contribution in [3.63, 3.8) is 0 Å². The Hall–Kier alpha value is -3.07. The zero-order chi connectivity index (χ0) is 18.6. The summed E-state index contributed by atoms with van der Waals surface area (Å²) in [4.78, 5) is 4.91. The van der Waals surface area contributed by atoms with Crippen LogP contribution in [-0.2, 0) is 6.54 Å². The summed E-state index contributed by atoms with van der Waals surface area (Å²) in [5.74, 6) is 1.96. The Balaban J connectivity index is 1.56. The number of imidazole rings is 1. The Labute approximate surface area is 160 Å². The lowest BCUT2D eigenvalue weighted by molar-refractivity contribution is 0.303. The van der Waals surface area contributed by atoms with Gasteiger partial charge in [0, 0.05) is 12.1 Å². The number of ether oxygens (including phenoxy) is 1. The standard InChI is InChI=1S/C24H24N2O/c1-18-12-14-20(15-13-18)27-17-7-16-26-23-11-6-5-10-22(23)25-24(26)21-9-4-3-8-19(21)2/h3-6,8-15H,7,16-17H2,1-2H3. The molecule has 0 unspecified atom stereocenters. The summed E-state index contributed by atoms with van der Waals surface area (Å²) in [5, 5.41) is 0. The maximum Gasteiger partial charge on any atom is 0.141 e. The lowest BCUT2D eigenvalue weighted by Crippen LogP contribution is -2.06. The van der Waals surface area contributed by atoms with Gasteiger partial charge >= 0.3 is 0 Å². The molecule has 3 aromatic carbocycles. The van der Waals surface area contributed by atoms with Gasteiger partial charge in [0.25, 0.3) is 0 Å². The SMILES string of the molecule is Cc1ccc(OCCCn2c(-c3ccccc3C)nc3ccccc32)cc1. The van der Waals surface area contributed by atoms with Gasteiger partial charge in [0.15, 0.2) is 0 Å². The molecule has 136 valence electrons. The Morgan fingerprint density at radius 1 is 0.852 bits per heavy atom. The molecule has 0 saturated carbocycles. The summed E-state index contributed by atoms with van der Waals surface area (Å²) < 4.78 is 8.22. The molecule has 0 spiro atoms. The van der Waals surface area contributed by atoms with E-state index in [0.717, 1.165) is 30.1 Å². The van der Waals surface area contributed by atoms with Crippen LogP contribution in [0.25, 0.3) is 22.4 Å². The fourth-order valence-electron chi connectivity index (χ4n) is 3.38. The molecule has 1 heterocycles. The van der Waals surface area contributed by atoms with Gasteiger partial charge in [0.05, 0.1) is 17.6 Å². The number of rotatable bonds is 6. The molecule has 0 aliphatic carbocycles. The van der Waals surface area contributed by atoms with Gasteiger partial charge in [-0.1, -0.05) is 54.1 Å². The Morgan fingerprint density at radius 3 is 2.41 bits per heavy atom. The summed E-state index contributed by atoms with van der Waals surface area (Å²) in [5.41, 5.74) is 5.88. The number of hydrogen-bond donors (Lipinski definition) is 0. The van der Waals surface area contributed by atoms with Gasteiger partial charge in [-0.15, -0.1) is 0 Å². The Morgan fingerprint density at radius 2 is 1.59 bits per heavy atom. The van der Waals surface area contributed by atoms with Crippen molar-refractivity contribution in [2.24, 2.45) is 0 Å². The first kappa shape index (κ1) is 17.3. The fraction of sp³-hybridized carbons (Fsp3) is 0.208. The van der Waals surface area contributed by atoms with Crippen molar-refractivity contribution >= 4 is 11.0 Å². The second kappa shape index (κ2) is 7.67. The highest BCUT2D eigenvalue weighted by Crippen LogP contribution is 2.27. The minimum Gasteiger partial charge on any atom is -0.494 e. The molecule has 0 fully saturated rings. The zero-order valence-corrected chi connectivity index (χ0v) is 15.9. The first-order valence-electron chi connectivity index (χ1n) is 9.43. The molecule has 4 rings (SSSR count). The predicted molar refractivity (Wildman–Crippen MR) is 111 cm³/mol. The Bertz CT molecular complexity index is 1050. The van der Waals surface area contributed by atoms with Crippen molar-refractivity contribution in [2.45, 2.75) is 26.8 Å². The minimum atomic E-state index is 0.683. The second-order valence-electron chi connectivity index (χ2n) is 6.91. The van der Waals surface area contributed by atoms with E-state index in [2.05, 4.69) is 73.0 Å². The highest BCUT2D eigenvalue weighted by atomic mass is 16.5. The van der Waals surface area contributed by atoms with E-state index in [0.29, 0.717) is 6.61 Å². The van der Waals surface area contributed by atoms with Gasteiger partial charge in [-0.2, -0.15) is 0 Å². The van der Waals surface area contributed by atoms with Crippen molar-refractivity contribution < 1.29 is 4.74 Å². The van der Waals surface area contributed by atoms with E-state index in [-0.39, 0.29) is 0 Å². The number of benzene rings is 3. The van der Waals surface area contributed by atoms with Crippen LogP contribution in [0.1, 0.15) is 17.5 Å². The molecule has 0 aliphatic rings. The van der Waals surface area contributed by atoms with Crippen LogP contribution in [0.2, 0.25) is 0 Å². The topological polar surface area (TPSA) is 27.1 Å². The minimum absolute atomic E-state index is 0.683. The van der Waals surface area contributed by atoms with E-state index in [4.69, 9.17) is 9.72 Å². The van der Waals surface area contributed by atoms with Crippen LogP contribution >= 0.6 is 0 Å². The van der Waals surface area contributed by atoms with Crippen LogP contribution in [0.4, 0.5) is 0 Å². The van der Waals surface area contributed by atoms with Gasteiger partial charge in [-0.3, -0.25) is 0 Å². The van der Waals surface area contributed by atoms with Gasteiger partial charge in [-0.25, -0.2) is 4.98 Å². The highest BCUT2D eigenvalue weighted by Gasteiger charge is 2.13. The summed E-state index contributed by atoms with van der Waals surface area (Å²) in [6.45, 7) is 5.78. The van der Waals surface area contributed by atoms with E-state index in [9.17, 15) is 0 Å². The van der Waals surface area contributed by atoms with E-state index < -0.39 is 0 Å². The number of nitrogens with zero attached hydrogens (tertiary/aromatic N) is 2. The Kier molecular flexibility index (Phi) is 4.93. The normalized spacial score (nSPS) is 11.0. The van der Waals surface area contributed by atoms with E-state index >= 15 is 0 Å². The first-order chi connectivity index (χ1) is 13.2. The molecule has 4 aromatic rings. The third-order valence-electron chi connectivity index (χ3n) is 4.86. The van der Waals surface area contributed by atoms with Crippen molar-refractivity contribution in [3.05, 3.63) is 83.9 Å². The van der Waals surface area contributed by atoms with Crippen LogP contribution in [0.15, 0.2) is 72.8 Å². The quantitative estimate of drug-likeness (QED) is 0.409. The van der Waals surface area contributed by atoms with Crippen molar-refractivity contribution in [3.8, 4) is 17.1 Å². The molecule has 0 saturated heterocycles. The number of fused-ring (bicyclic) bond motifs is 1. The molecule has 27 heavy (non-hydrogen) atoms. The van der Waals surface area contributed by atoms with Gasteiger partial charge in [0.2, 0.25) is 0 Å². The molecular weight excluding hydrogens is 332 g/mol. The molecule has 0 bridgehead atoms. The molecule has 3 nitrogen and oxygen atoms in total. The molecule has 0 atom stereocenters. The zero-order valence-electron chi connectivity index (χ0n) is 15.9. The molecular formula is C24H24N2O. The maximum atomic E-state index is 5.91. The largest absolute Gasteiger partial charge is 0.494 e. The molecule has 0 aliphatic heterocycles. The van der Waals surface area contributed by atoms with Crippen LogP contribution < -0.4 is 4.74 Å². The monoisotopic (exact) mass is 356 g/mol. The predicted octanol–water partition coefficient (Wildman–Crippen LogP) is 5.79. The van der Waals surface area contributed by atoms with Gasteiger partial charge in [0.1, 0.15) is 11.6 Å². The lowest BCUT2D eigenvalue weighted by atomic mass is 10.1. The van der Waals surface area contributed by atoms with Crippen LogP contribution in [0.5, 0.6) is 5.75 Å². The molecule has 3 heteroatoms. The van der Waals surface area contributed by atoms with Gasteiger partial charge in [-0.05, 0) is 50.1 Å². The first-order valence-corrected chi connectivity index (χ1v) is 9.43. The summed E-state index contributed by atoms with van der Waals surface area (Å²) in [6.07, 6.45) is 0.924. The number of aryl methyl sites for hydroxylation is 3. The van der Waals surface area contributed by atoms with Crippen molar-refractivity contribution in [1.82, 2.24) is 9.55 Å². The maximum absolute atomic E-state index is 5.91.